The second-order valence-corrected chi connectivity index (χ2v) is 7.88. The topological polar surface area (TPSA) is 69.1 Å². The lowest BCUT2D eigenvalue weighted by molar-refractivity contribution is 0.127. The zero-order valence-electron chi connectivity index (χ0n) is 16.2. The summed E-state index contributed by atoms with van der Waals surface area (Å²) in [6.45, 7) is 9.62. The van der Waals surface area contributed by atoms with Gasteiger partial charge >= 0.3 is 0 Å². The van der Waals surface area contributed by atoms with Gasteiger partial charge in [0.05, 0.1) is 6.61 Å². The molecule has 146 valence electrons. The predicted molar refractivity (Wildman–Crippen MR) is 103 cm³/mol. The highest BCUT2D eigenvalue weighted by Crippen LogP contribution is 2.31. The van der Waals surface area contributed by atoms with Crippen molar-refractivity contribution in [2.24, 2.45) is 16.3 Å². The number of aliphatic imine (C=N–C) groups is 1. The van der Waals surface area contributed by atoms with Gasteiger partial charge < -0.3 is 25.4 Å². The summed E-state index contributed by atoms with van der Waals surface area (Å²) < 4.78 is 5.54. The fourth-order valence-corrected chi connectivity index (χ4v) is 3.96. The Morgan fingerprint density at radius 2 is 2.24 bits per heavy atom. The fourth-order valence-electron chi connectivity index (χ4n) is 3.96. The Bertz CT molecular complexity index is 397. The largest absolute Gasteiger partial charge is 0.396 e. The van der Waals surface area contributed by atoms with Crippen LogP contribution in [0.2, 0.25) is 0 Å². The molecule has 0 aromatic carbocycles. The number of ether oxygens (including phenoxy) is 1. The van der Waals surface area contributed by atoms with Crippen molar-refractivity contribution >= 4 is 5.96 Å². The molecule has 6 heteroatoms. The van der Waals surface area contributed by atoms with Crippen LogP contribution in [0.25, 0.3) is 0 Å². The van der Waals surface area contributed by atoms with Gasteiger partial charge in [-0.25, -0.2) is 0 Å². The molecule has 2 atom stereocenters. The third-order valence-corrected chi connectivity index (χ3v) is 5.62. The Balaban J connectivity index is 1.58. The Hall–Kier alpha value is -0.850. The minimum atomic E-state index is 0.0529. The summed E-state index contributed by atoms with van der Waals surface area (Å²) in [5, 5.41) is 16.1. The maximum absolute atomic E-state index is 9.31. The van der Waals surface area contributed by atoms with Gasteiger partial charge in [-0.15, -0.1) is 0 Å². The average Bonchev–Trinajstić information content (AvgIpc) is 3.06. The summed E-state index contributed by atoms with van der Waals surface area (Å²) in [5.74, 6) is 1.72. The van der Waals surface area contributed by atoms with Gasteiger partial charge in [0.25, 0.3) is 0 Å². The van der Waals surface area contributed by atoms with E-state index in [0.717, 1.165) is 57.4 Å². The van der Waals surface area contributed by atoms with Crippen molar-refractivity contribution < 1.29 is 9.84 Å². The Kier molecular flexibility index (Phi) is 8.99. The molecule has 0 spiro atoms. The molecular formula is C19H38N4O2. The summed E-state index contributed by atoms with van der Waals surface area (Å²) in [7, 11) is 1.81. The molecule has 2 aliphatic rings. The number of guanidine groups is 1. The molecule has 25 heavy (non-hydrogen) atoms. The predicted octanol–water partition coefficient (Wildman–Crippen LogP) is 1.45. The van der Waals surface area contributed by atoms with Crippen molar-refractivity contribution in [2.75, 3.05) is 59.6 Å². The van der Waals surface area contributed by atoms with Crippen molar-refractivity contribution in [2.45, 2.75) is 45.4 Å². The average molecular weight is 355 g/mol. The number of nitrogens with one attached hydrogen (secondary N) is 2. The van der Waals surface area contributed by atoms with E-state index in [9.17, 15) is 5.11 Å². The van der Waals surface area contributed by atoms with Crippen LogP contribution in [0, 0.1) is 11.3 Å². The first kappa shape index (κ1) is 20.5. The van der Waals surface area contributed by atoms with E-state index in [0.29, 0.717) is 0 Å². The molecule has 0 aromatic rings. The second kappa shape index (κ2) is 11.0. The van der Waals surface area contributed by atoms with E-state index in [4.69, 9.17) is 4.74 Å². The van der Waals surface area contributed by atoms with Gasteiger partial charge in [0.2, 0.25) is 0 Å². The highest BCUT2D eigenvalue weighted by molar-refractivity contribution is 5.79. The highest BCUT2D eigenvalue weighted by Gasteiger charge is 2.34. The molecule has 0 amide bonds. The molecule has 2 unspecified atom stereocenters. The zero-order valence-corrected chi connectivity index (χ0v) is 16.2. The lowest BCUT2D eigenvalue weighted by Crippen LogP contribution is -2.44. The molecule has 2 aliphatic heterocycles. The molecule has 6 nitrogen and oxygen atoms in total. The van der Waals surface area contributed by atoms with E-state index in [-0.39, 0.29) is 12.0 Å². The standard InChI is InChI=1S/C19H38N4O2/c1-17-6-5-11-23(14-17)10-4-3-9-21-18(20-2)22-15-19(7-12-24)8-13-25-16-19/h17,24H,3-16H2,1-2H3,(H2,20,21,22). The van der Waals surface area contributed by atoms with Crippen LogP contribution in [0.3, 0.4) is 0 Å². The third-order valence-electron chi connectivity index (χ3n) is 5.62. The summed E-state index contributed by atoms with van der Waals surface area (Å²) in [6.07, 6.45) is 6.94. The zero-order chi connectivity index (χ0) is 18.0. The first-order valence-corrected chi connectivity index (χ1v) is 10.0. The second-order valence-electron chi connectivity index (χ2n) is 7.88. The maximum Gasteiger partial charge on any atom is 0.190 e. The number of aliphatic hydroxyl groups excluding tert-OH is 1. The number of hydrogen-bond donors (Lipinski definition) is 3. The van der Waals surface area contributed by atoms with Crippen molar-refractivity contribution in [3.8, 4) is 0 Å². The molecule has 2 fully saturated rings. The van der Waals surface area contributed by atoms with E-state index in [1.54, 1.807) is 0 Å². The van der Waals surface area contributed by atoms with Crippen LogP contribution in [0.15, 0.2) is 4.99 Å². The molecule has 0 aromatic heterocycles. The van der Waals surface area contributed by atoms with Crippen molar-refractivity contribution in [1.82, 2.24) is 15.5 Å². The lowest BCUT2D eigenvalue weighted by atomic mass is 9.84. The number of unbranched alkanes of at least 4 members (excludes halogenated alkanes) is 1. The summed E-state index contributed by atoms with van der Waals surface area (Å²) in [5.41, 5.74) is 0.0529. The Morgan fingerprint density at radius 1 is 1.36 bits per heavy atom. The molecule has 0 radical (unpaired) electrons. The third kappa shape index (κ3) is 7.12. The number of hydrogen-bond acceptors (Lipinski definition) is 4. The van der Waals surface area contributed by atoms with E-state index < -0.39 is 0 Å². The number of nitrogens with zero attached hydrogens (tertiary/aromatic N) is 2. The lowest BCUT2D eigenvalue weighted by Gasteiger charge is -2.30. The fraction of sp³-hybridized carbons (Fsp3) is 0.947. The molecule has 2 rings (SSSR count). The van der Waals surface area contributed by atoms with E-state index in [1.165, 1.54) is 38.9 Å². The quantitative estimate of drug-likeness (QED) is 0.332. The van der Waals surface area contributed by atoms with Crippen LogP contribution in [0.1, 0.15) is 45.4 Å². The molecule has 2 saturated heterocycles. The van der Waals surface area contributed by atoms with Gasteiger partial charge in [-0.1, -0.05) is 6.92 Å². The summed E-state index contributed by atoms with van der Waals surface area (Å²) in [6, 6.07) is 0. The monoisotopic (exact) mass is 354 g/mol. The Labute approximate surface area is 153 Å². The minimum absolute atomic E-state index is 0.0529. The normalized spacial score (nSPS) is 28.3. The van der Waals surface area contributed by atoms with Gasteiger partial charge in [-0.2, -0.15) is 0 Å². The number of likely N-dealkylation sites (tertiary alicyclic amines) is 1. The van der Waals surface area contributed by atoms with Gasteiger partial charge in [0, 0.05) is 45.3 Å². The number of rotatable bonds is 9. The van der Waals surface area contributed by atoms with Crippen LogP contribution in [0.5, 0.6) is 0 Å². The molecule has 0 bridgehead atoms. The maximum atomic E-state index is 9.31. The molecule has 0 aliphatic carbocycles. The van der Waals surface area contributed by atoms with E-state index >= 15 is 0 Å². The van der Waals surface area contributed by atoms with E-state index in [1.807, 2.05) is 7.05 Å². The van der Waals surface area contributed by atoms with Crippen LogP contribution in [0.4, 0.5) is 0 Å². The van der Waals surface area contributed by atoms with Gasteiger partial charge in [0.1, 0.15) is 0 Å². The van der Waals surface area contributed by atoms with Crippen LogP contribution >= 0.6 is 0 Å². The summed E-state index contributed by atoms with van der Waals surface area (Å²) >= 11 is 0. The van der Waals surface area contributed by atoms with Crippen LogP contribution in [-0.2, 0) is 4.74 Å². The first-order chi connectivity index (χ1) is 12.2. The molecule has 0 saturated carbocycles. The van der Waals surface area contributed by atoms with Crippen molar-refractivity contribution in [3.05, 3.63) is 0 Å². The van der Waals surface area contributed by atoms with Crippen LogP contribution in [-0.4, -0.2) is 75.6 Å². The first-order valence-electron chi connectivity index (χ1n) is 10.0. The van der Waals surface area contributed by atoms with Crippen molar-refractivity contribution in [3.63, 3.8) is 0 Å². The number of aliphatic hydroxyl groups is 1. The molecule has 3 N–H and O–H groups in total. The van der Waals surface area contributed by atoms with Crippen molar-refractivity contribution in [1.29, 1.82) is 0 Å². The molecular weight excluding hydrogens is 316 g/mol. The molecule has 2 heterocycles. The van der Waals surface area contributed by atoms with Gasteiger partial charge in [-0.3, -0.25) is 4.99 Å². The number of piperidine rings is 1. The van der Waals surface area contributed by atoms with Gasteiger partial charge in [-0.05, 0) is 57.5 Å². The SMILES string of the molecule is CN=C(NCCCCN1CCCC(C)C1)NCC1(CCO)CCOC1. The highest BCUT2D eigenvalue weighted by atomic mass is 16.5. The minimum Gasteiger partial charge on any atom is -0.396 e. The summed E-state index contributed by atoms with van der Waals surface area (Å²) in [4.78, 5) is 6.93. The smallest absolute Gasteiger partial charge is 0.190 e. The van der Waals surface area contributed by atoms with Crippen LogP contribution < -0.4 is 10.6 Å². The van der Waals surface area contributed by atoms with Gasteiger partial charge in [0.15, 0.2) is 5.96 Å². The Morgan fingerprint density at radius 3 is 2.92 bits per heavy atom. The van der Waals surface area contributed by atoms with E-state index in [2.05, 4.69) is 27.4 Å².